The van der Waals surface area contributed by atoms with Crippen LogP contribution in [0.1, 0.15) is 220 Å². The van der Waals surface area contributed by atoms with Gasteiger partial charge in [-0.3, -0.25) is 4.90 Å². The summed E-state index contributed by atoms with van der Waals surface area (Å²) in [5.74, 6) is 4.13. The number of anilines is 5. The molecule has 0 atom stereocenters. The Morgan fingerprint density at radius 2 is 0.727 bits per heavy atom. The molecule has 0 radical (unpaired) electrons. The molecule has 6 aromatic heterocycles. The number of hydrogen-bond acceptors (Lipinski definition) is 33. The molecular formula is C93H140BrCl8N23O14. The van der Waals surface area contributed by atoms with Gasteiger partial charge in [0.15, 0.2) is 0 Å². The first kappa shape index (κ1) is 116. The van der Waals surface area contributed by atoms with Crippen molar-refractivity contribution in [3.8, 4) is 0 Å². The third-order valence-electron chi connectivity index (χ3n) is 23.0. The average molecular weight is 2170 g/mol. The van der Waals surface area contributed by atoms with Gasteiger partial charge in [-0.05, 0) is 267 Å². The number of nitrogens with one attached hydrogen (secondary N) is 3. The molecule has 4 N–H and O–H groups in total. The second kappa shape index (κ2) is 49.3. The molecule has 0 aromatic carbocycles. The van der Waals surface area contributed by atoms with E-state index in [0.29, 0.717) is 156 Å². The predicted octanol–water partition coefficient (Wildman–Crippen LogP) is 16.3. The third kappa shape index (κ3) is 33.8. The lowest BCUT2D eigenvalue weighted by Gasteiger charge is -2.44. The van der Waals surface area contributed by atoms with Crippen molar-refractivity contribution in [3.05, 3.63) is 104 Å². The van der Waals surface area contributed by atoms with Gasteiger partial charge >= 0.3 is 24.4 Å². The summed E-state index contributed by atoms with van der Waals surface area (Å²) < 4.78 is 49.3. The number of nitrogens with zero attached hydrogens (tertiary/aromatic N) is 20. The molecule has 15 rings (SSSR count). The first-order chi connectivity index (χ1) is 64.4. The van der Waals surface area contributed by atoms with E-state index in [9.17, 15) is 24.3 Å². The number of fused-ring (bicyclic) bond motifs is 6. The van der Waals surface area contributed by atoms with E-state index in [-0.39, 0.29) is 86.7 Å². The Labute approximate surface area is 867 Å². The first-order valence-corrected chi connectivity index (χ1v) is 50.4. The number of halogens is 9. The summed E-state index contributed by atoms with van der Waals surface area (Å²) >= 11 is 45.8. The molecule has 4 amide bonds. The minimum Gasteiger partial charge on any atom is -0.444 e. The Kier molecular flexibility index (Phi) is 41.0. The SMILES string of the molecule is CC(C)(C)OC(=O)N1CCc2c(Cl)nc(Cl)nc2C1.CC(C)(C)OC(=O)N1CCc2c(nc(Cl)nc2N2CCOCC2(C)C)C1.CC(C)(CO)Nc1nc(Cl)nc2c1CCN(C(=O)OC(C)(C)C)C2.CC(C)(COCCBr)Nc1nc(Cl)nc2c1CCN(C(=O)OC(C)(C)C)C2.CC1(C)COCCN1c1nc(Cl)nc2c1CCNC2.COCCN1CCc2c(nc(Cl)nc2N2CCOCC2(C)C)C1.Cl. The van der Waals surface area contributed by atoms with Crippen molar-refractivity contribution < 1.29 is 66.9 Å². The van der Waals surface area contributed by atoms with Crippen molar-refractivity contribution in [2.75, 3.05) is 169 Å². The van der Waals surface area contributed by atoms with Crippen molar-refractivity contribution >= 4 is 163 Å². The van der Waals surface area contributed by atoms with Crippen LogP contribution in [0.25, 0.3) is 0 Å². The molecule has 0 unspecified atom stereocenters. The minimum absolute atomic E-state index is 0. The van der Waals surface area contributed by atoms with Crippen LogP contribution in [0, 0.1) is 0 Å². The number of methoxy groups -OCH3 is 1. The number of aromatic nitrogens is 12. The highest BCUT2D eigenvalue weighted by Crippen LogP contribution is 2.39. The molecule has 9 aliphatic heterocycles. The van der Waals surface area contributed by atoms with Crippen molar-refractivity contribution in [1.82, 2.24) is 89.6 Å². The van der Waals surface area contributed by atoms with Crippen LogP contribution in [0.15, 0.2) is 0 Å². The van der Waals surface area contributed by atoms with E-state index in [1.54, 1.807) is 26.7 Å². The van der Waals surface area contributed by atoms with Gasteiger partial charge in [0.25, 0.3) is 0 Å². The molecule has 3 saturated heterocycles. The number of aliphatic hydroxyl groups is 1. The molecule has 46 heteroatoms. The molecule has 139 heavy (non-hydrogen) atoms. The summed E-state index contributed by atoms with van der Waals surface area (Å²) in [6, 6.07) is 0. The molecular weight excluding hydrogens is 2030 g/mol. The topological polar surface area (TPSA) is 388 Å². The van der Waals surface area contributed by atoms with Gasteiger partial charge in [0.05, 0.1) is 154 Å². The zero-order chi connectivity index (χ0) is 102. The van der Waals surface area contributed by atoms with Crippen molar-refractivity contribution in [2.45, 2.75) is 280 Å². The van der Waals surface area contributed by atoms with Crippen LogP contribution in [0.2, 0.25) is 36.9 Å². The number of aliphatic hydroxyl groups excluding tert-OH is 1. The summed E-state index contributed by atoms with van der Waals surface area (Å²) in [4.78, 5) is 117. The van der Waals surface area contributed by atoms with Gasteiger partial charge in [-0.1, -0.05) is 27.5 Å². The smallest absolute Gasteiger partial charge is 0.410 e. The van der Waals surface area contributed by atoms with E-state index < -0.39 is 27.9 Å². The van der Waals surface area contributed by atoms with Crippen LogP contribution < -0.4 is 30.7 Å². The Morgan fingerprint density at radius 1 is 0.410 bits per heavy atom. The van der Waals surface area contributed by atoms with Gasteiger partial charge in [0.2, 0.25) is 31.7 Å². The van der Waals surface area contributed by atoms with Gasteiger partial charge in [0, 0.05) is 118 Å². The van der Waals surface area contributed by atoms with Crippen LogP contribution in [-0.4, -0.2) is 308 Å². The maximum Gasteiger partial charge on any atom is 0.410 e. The molecule has 0 spiro atoms. The molecule has 3 fully saturated rings. The first-order valence-electron chi connectivity index (χ1n) is 46.6. The molecule has 37 nitrogen and oxygen atoms in total. The Hall–Kier alpha value is -6.96. The summed E-state index contributed by atoms with van der Waals surface area (Å²) in [6.07, 6.45) is 3.00. The number of alkyl halides is 1. The van der Waals surface area contributed by atoms with Crippen LogP contribution in [0.5, 0.6) is 0 Å². The van der Waals surface area contributed by atoms with Crippen molar-refractivity contribution in [3.63, 3.8) is 0 Å². The van der Waals surface area contributed by atoms with E-state index in [0.717, 1.165) is 153 Å². The fraction of sp³-hybridized carbons (Fsp3) is 0.699. The summed E-state index contributed by atoms with van der Waals surface area (Å²) in [5, 5.41) is 21.8. The summed E-state index contributed by atoms with van der Waals surface area (Å²) in [6.45, 7) is 59.4. The second-order valence-electron chi connectivity index (χ2n) is 42.0. The fourth-order valence-electron chi connectivity index (χ4n) is 16.4. The van der Waals surface area contributed by atoms with Gasteiger partial charge < -0.3 is 98.0 Å². The van der Waals surface area contributed by atoms with Crippen LogP contribution in [0.3, 0.4) is 0 Å². The van der Waals surface area contributed by atoms with Crippen LogP contribution in [-0.2, 0) is 120 Å². The summed E-state index contributed by atoms with van der Waals surface area (Å²) in [7, 11) is 1.73. The number of carbonyl (C=O) groups is 4. The standard InChI is InChI=1S/C18H28BrClN4O3.C18H27ClN4O3.C16H25ClN4O3.C16H25ClN4O2.C13H19ClN4O.C12H15Cl2N3O2.ClH/c1-17(2,3)27-16(25)24-8-6-12-13(10-24)21-15(20)22-14(12)23-18(4,5)11-26-9-7-19;1-17(2,3)26-16(24)22-7-6-12-13(10-22)20-15(19)21-14(12)23-8-9-25-11-18(23,4)5;1-15(2,3)24-14(23)21-7-6-10-11(8-21)18-13(17)19-12(10)20-16(4,5)9-22;1-16(2)11-23-9-7-21(16)14-12-4-5-20(6-8-22-3)10-13(12)18-15(17)19-14;1-13(2)8-19-6-5-18(13)11-9-3-4-15-7-10(9)16-12(14)17-11;1-12(2,3)19-11(18)17-5-4-7-8(6-17)15-10(14)16-9(7)13;/h6-11H2,1-5H3,(H,21,22,23);6-11H2,1-5H3;22H,6-9H2,1-5H3,(H,18,19,20);4-11H2,1-3H3;15H,3-8H2,1-2H3;4-6H2,1-3H3;1H. The minimum atomic E-state index is -0.543. The van der Waals surface area contributed by atoms with Crippen molar-refractivity contribution in [2.24, 2.45) is 0 Å². The average Bonchev–Trinajstić information content (AvgIpc) is 0.742. The normalized spacial score (nSPS) is 17.8. The number of morpholine rings is 3. The van der Waals surface area contributed by atoms with E-state index in [4.69, 9.17) is 124 Å². The van der Waals surface area contributed by atoms with Gasteiger partial charge in [-0.15, -0.1) is 12.4 Å². The monoisotopic (exact) mass is 2160 g/mol. The lowest BCUT2D eigenvalue weighted by atomic mass is 9.99. The maximum absolute atomic E-state index is 12.4. The number of amides is 4. The van der Waals surface area contributed by atoms with E-state index in [1.165, 1.54) is 11.1 Å². The number of hydrogen-bond donors (Lipinski definition) is 4. The summed E-state index contributed by atoms with van der Waals surface area (Å²) in [5.41, 5.74) is 7.97. The Bertz CT molecular complexity index is 5210. The number of ether oxygens (including phenoxy) is 9. The zero-order valence-electron chi connectivity index (χ0n) is 84.5. The quantitative estimate of drug-likeness (QED) is 0.0244. The molecule has 15 heterocycles. The van der Waals surface area contributed by atoms with Gasteiger partial charge in [-0.25, -0.2) is 79.0 Å². The highest BCUT2D eigenvalue weighted by Gasteiger charge is 2.42. The van der Waals surface area contributed by atoms with Gasteiger partial charge in [0.1, 0.15) is 56.6 Å². The van der Waals surface area contributed by atoms with E-state index in [1.807, 2.05) is 111 Å². The van der Waals surface area contributed by atoms with Crippen LogP contribution in [0.4, 0.5) is 48.3 Å². The molecule has 0 aliphatic carbocycles. The lowest BCUT2D eigenvalue weighted by molar-refractivity contribution is 0.0210. The number of rotatable bonds is 15. The second-order valence-corrected chi connectivity index (χ2v) is 45.2. The Balaban J connectivity index is 0.000000187. The molecule has 6 aromatic rings. The fourth-order valence-corrected chi connectivity index (χ4v) is 18.0. The molecule has 0 bridgehead atoms. The molecule has 9 aliphatic rings. The highest BCUT2D eigenvalue weighted by atomic mass is 79.9. The Morgan fingerprint density at radius 3 is 1.09 bits per heavy atom. The molecule has 774 valence electrons. The van der Waals surface area contributed by atoms with E-state index >= 15 is 0 Å². The third-order valence-corrected chi connectivity index (χ3v) is 24.6. The van der Waals surface area contributed by atoms with Gasteiger partial charge in [-0.2, -0.15) is 0 Å². The lowest BCUT2D eigenvalue weighted by Crippen LogP contribution is -2.54. The highest BCUT2D eigenvalue weighted by molar-refractivity contribution is 9.09. The van der Waals surface area contributed by atoms with E-state index in [2.05, 4.69) is 153 Å². The molecule has 0 saturated carbocycles. The predicted molar refractivity (Wildman–Crippen MR) is 546 cm³/mol. The van der Waals surface area contributed by atoms with Crippen molar-refractivity contribution in [1.29, 1.82) is 0 Å². The maximum atomic E-state index is 12.4. The van der Waals surface area contributed by atoms with Crippen LogP contribution >= 0.6 is 110 Å². The number of carbonyl (C=O) groups excluding carboxylic acids is 4. The largest absolute Gasteiger partial charge is 0.444 e. The zero-order valence-corrected chi connectivity index (χ0v) is 92.2.